The van der Waals surface area contributed by atoms with Crippen LogP contribution in [0.5, 0.6) is 5.75 Å². The molecule has 0 unspecified atom stereocenters. The Balaban J connectivity index is 1.41. The van der Waals surface area contributed by atoms with Crippen LogP contribution in [0.3, 0.4) is 0 Å². The van der Waals surface area contributed by atoms with Gasteiger partial charge < -0.3 is 14.5 Å². The minimum atomic E-state index is -0.0412. The molecule has 3 aromatic rings. The second kappa shape index (κ2) is 9.71. The molecule has 166 valence electrons. The lowest BCUT2D eigenvalue weighted by Gasteiger charge is -2.34. The smallest absolute Gasteiger partial charge is 0.265 e. The van der Waals surface area contributed by atoms with Gasteiger partial charge in [0.1, 0.15) is 15.6 Å². The van der Waals surface area contributed by atoms with Crippen LogP contribution in [0.15, 0.2) is 48.5 Å². The van der Waals surface area contributed by atoms with Crippen LogP contribution in [0.25, 0.3) is 10.6 Å². The molecule has 4 rings (SSSR count). The highest BCUT2D eigenvalue weighted by atomic mass is 35.5. The zero-order chi connectivity index (χ0) is 22.7. The van der Waals surface area contributed by atoms with E-state index in [1.54, 1.807) is 34.1 Å². The molecule has 0 bridgehead atoms. The summed E-state index contributed by atoms with van der Waals surface area (Å²) in [5.74, 6) is 0.739. The molecule has 2 heterocycles. The third-order valence-corrected chi connectivity index (χ3v) is 6.79. The van der Waals surface area contributed by atoms with Gasteiger partial charge in [0, 0.05) is 42.3 Å². The summed E-state index contributed by atoms with van der Waals surface area (Å²) < 4.78 is 5.49. The van der Waals surface area contributed by atoms with Crippen LogP contribution in [0.2, 0.25) is 5.02 Å². The van der Waals surface area contributed by atoms with Gasteiger partial charge in [0.2, 0.25) is 0 Å². The molecule has 6 nitrogen and oxygen atoms in total. The first kappa shape index (κ1) is 22.3. The van der Waals surface area contributed by atoms with E-state index in [1.807, 2.05) is 38.1 Å². The molecule has 0 spiro atoms. The number of benzene rings is 2. The summed E-state index contributed by atoms with van der Waals surface area (Å²) in [7, 11) is 0. The molecule has 32 heavy (non-hydrogen) atoms. The first-order valence-corrected chi connectivity index (χ1v) is 11.7. The van der Waals surface area contributed by atoms with Crippen molar-refractivity contribution in [3.8, 4) is 16.3 Å². The number of aromatic nitrogens is 1. The topological polar surface area (TPSA) is 62.7 Å². The number of carbonyl (C=O) groups is 2. The Bertz CT molecular complexity index is 1100. The number of nitrogens with zero attached hydrogens (tertiary/aromatic N) is 3. The maximum atomic E-state index is 13.1. The number of rotatable bonds is 5. The Labute approximate surface area is 196 Å². The minimum absolute atomic E-state index is 0.0317. The molecule has 0 N–H and O–H groups in total. The molecule has 2 amide bonds. The van der Waals surface area contributed by atoms with Crippen molar-refractivity contribution >= 4 is 34.8 Å². The standard InChI is InChI=1S/C24H24ClN3O3S/c1-3-31-20-10-6-17(7-11-20)22-26-16(2)21(32-22)24(30)28-14-12-27(13-15-28)23(29)18-4-8-19(25)9-5-18/h4-11H,3,12-15H2,1-2H3. The lowest BCUT2D eigenvalue weighted by Crippen LogP contribution is -2.50. The molecule has 1 saturated heterocycles. The van der Waals surface area contributed by atoms with Gasteiger partial charge >= 0.3 is 0 Å². The number of hydrogen-bond donors (Lipinski definition) is 0. The Hall–Kier alpha value is -2.90. The van der Waals surface area contributed by atoms with Crippen LogP contribution in [-0.2, 0) is 0 Å². The average molecular weight is 470 g/mol. The number of amides is 2. The molecule has 8 heteroatoms. The van der Waals surface area contributed by atoms with Gasteiger partial charge in [-0.25, -0.2) is 4.98 Å². The summed E-state index contributed by atoms with van der Waals surface area (Å²) in [6.07, 6.45) is 0. The number of halogens is 1. The van der Waals surface area contributed by atoms with Crippen LogP contribution in [0.1, 0.15) is 32.6 Å². The fourth-order valence-electron chi connectivity index (χ4n) is 3.61. The molecule has 0 aliphatic carbocycles. The van der Waals surface area contributed by atoms with E-state index in [1.165, 1.54) is 11.3 Å². The normalized spacial score (nSPS) is 13.8. The van der Waals surface area contributed by atoms with E-state index in [4.69, 9.17) is 16.3 Å². The van der Waals surface area contributed by atoms with Crippen LogP contribution in [-0.4, -0.2) is 59.4 Å². The summed E-state index contributed by atoms with van der Waals surface area (Å²) in [4.78, 5) is 34.7. The highest BCUT2D eigenvalue weighted by molar-refractivity contribution is 7.17. The van der Waals surface area contributed by atoms with E-state index in [2.05, 4.69) is 4.98 Å². The van der Waals surface area contributed by atoms with Crippen molar-refractivity contribution in [2.24, 2.45) is 0 Å². The van der Waals surface area contributed by atoms with Gasteiger partial charge in [0.15, 0.2) is 0 Å². The second-order valence-electron chi connectivity index (χ2n) is 7.48. The zero-order valence-electron chi connectivity index (χ0n) is 18.0. The summed E-state index contributed by atoms with van der Waals surface area (Å²) in [6.45, 7) is 6.41. The SMILES string of the molecule is CCOc1ccc(-c2nc(C)c(C(=O)N3CCN(C(=O)c4ccc(Cl)cc4)CC3)s2)cc1. The predicted molar refractivity (Wildman–Crippen MR) is 127 cm³/mol. The van der Waals surface area contributed by atoms with E-state index in [-0.39, 0.29) is 11.8 Å². The molecular weight excluding hydrogens is 446 g/mol. The van der Waals surface area contributed by atoms with E-state index >= 15 is 0 Å². The molecule has 2 aromatic carbocycles. The van der Waals surface area contributed by atoms with E-state index < -0.39 is 0 Å². The highest BCUT2D eigenvalue weighted by Gasteiger charge is 2.28. The van der Waals surface area contributed by atoms with Gasteiger partial charge in [0.25, 0.3) is 11.8 Å². The number of carbonyl (C=O) groups excluding carboxylic acids is 2. The average Bonchev–Trinajstić information content (AvgIpc) is 3.21. The third kappa shape index (κ3) is 4.79. The van der Waals surface area contributed by atoms with Crippen molar-refractivity contribution in [3.05, 3.63) is 69.7 Å². The minimum Gasteiger partial charge on any atom is -0.494 e. The lowest BCUT2D eigenvalue weighted by molar-refractivity contribution is 0.0537. The Morgan fingerprint density at radius 1 is 0.969 bits per heavy atom. The molecule has 1 aliphatic heterocycles. The van der Waals surface area contributed by atoms with Crippen LogP contribution < -0.4 is 4.74 Å². The first-order valence-electron chi connectivity index (χ1n) is 10.5. The maximum absolute atomic E-state index is 13.1. The zero-order valence-corrected chi connectivity index (χ0v) is 19.6. The van der Waals surface area contributed by atoms with Crippen molar-refractivity contribution in [2.75, 3.05) is 32.8 Å². The fraction of sp³-hybridized carbons (Fsp3) is 0.292. The molecule has 1 fully saturated rings. The molecule has 0 radical (unpaired) electrons. The van der Waals surface area contributed by atoms with Crippen molar-refractivity contribution < 1.29 is 14.3 Å². The van der Waals surface area contributed by atoms with Gasteiger partial charge in [-0.2, -0.15) is 0 Å². The van der Waals surface area contributed by atoms with Crippen molar-refractivity contribution in [3.63, 3.8) is 0 Å². The molecule has 1 aliphatic rings. The van der Waals surface area contributed by atoms with Crippen molar-refractivity contribution in [2.45, 2.75) is 13.8 Å². The quantitative estimate of drug-likeness (QED) is 0.540. The number of aryl methyl sites for hydroxylation is 1. The second-order valence-corrected chi connectivity index (χ2v) is 8.92. The molecule has 0 saturated carbocycles. The van der Waals surface area contributed by atoms with Gasteiger partial charge in [0.05, 0.1) is 12.3 Å². The van der Waals surface area contributed by atoms with Gasteiger partial charge in [-0.15, -0.1) is 11.3 Å². The van der Waals surface area contributed by atoms with Crippen LogP contribution >= 0.6 is 22.9 Å². The molecule has 0 atom stereocenters. The summed E-state index contributed by atoms with van der Waals surface area (Å²) in [6, 6.07) is 14.6. The number of hydrogen-bond acceptors (Lipinski definition) is 5. The van der Waals surface area contributed by atoms with Crippen LogP contribution in [0, 0.1) is 6.92 Å². The largest absolute Gasteiger partial charge is 0.494 e. The third-order valence-electron chi connectivity index (χ3n) is 5.35. The lowest BCUT2D eigenvalue weighted by atomic mass is 10.2. The Morgan fingerprint density at radius 2 is 1.56 bits per heavy atom. The summed E-state index contributed by atoms with van der Waals surface area (Å²) in [5.41, 5.74) is 2.29. The Kier molecular flexibility index (Phi) is 6.77. The summed E-state index contributed by atoms with van der Waals surface area (Å²) in [5, 5.41) is 1.41. The Morgan fingerprint density at radius 3 is 2.16 bits per heavy atom. The van der Waals surface area contributed by atoms with Gasteiger partial charge in [-0.05, 0) is 62.4 Å². The number of thiazole rings is 1. The predicted octanol–water partition coefficient (Wildman–Crippen LogP) is 4.77. The van der Waals surface area contributed by atoms with Crippen molar-refractivity contribution in [1.82, 2.24) is 14.8 Å². The van der Waals surface area contributed by atoms with Crippen LogP contribution in [0.4, 0.5) is 0 Å². The van der Waals surface area contributed by atoms with Crippen molar-refractivity contribution in [1.29, 1.82) is 0 Å². The highest BCUT2D eigenvalue weighted by Crippen LogP contribution is 2.30. The van der Waals surface area contributed by atoms with E-state index in [0.29, 0.717) is 48.2 Å². The van der Waals surface area contributed by atoms with Gasteiger partial charge in [-0.3, -0.25) is 9.59 Å². The fourth-order valence-corrected chi connectivity index (χ4v) is 4.78. The number of piperazine rings is 1. The van der Waals surface area contributed by atoms with E-state index in [0.717, 1.165) is 22.0 Å². The van der Waals surface area contributed by atoms with Gasteiger partial charge in [-0.1, -0.05) is 11.6 Å². The first-order chi connectivity index (χ1) is 15.5. The molecular formula is C24H24ClN3O3S. The molecule has 1 aromatic heterocycles. The maximum Gasteiger partial charge on any atom is 0.265 e. The number of ether oxygens (including phenoxy) is 1. The monoisotopic (exact) mass is 469 g/mol. The van der Waals surface area contributed by atoms with E-state index in [9.17, 15) is 9.59 Å². The summed E-state index contributed by atoms with van der Waals surface area (Å²) >= 11 is 7.31.